The average Bonchev–Trinajstić information content (AvgIpc) is 2.70. The molecule has 0 bridgehead atoms. The molecule has 1 aliphatic heterocycles. The van der Waals surface area contributed by atoms with Gasteiger partial charge in [-0.3, -0.25) is 9.59 Å². The fourth-order valence-electron chi connectivity index (χ4n) is 3.09. The van der Waals surface area contributed by atoms with Crippen molar-refractivity contribution in [3.05, 3.63) is 34.1 Å². The number of carbonyl (C=O) groups is 2. The Kier molecular flexibility index (Phi) is 2.28. The van der Waals surface area contributed by atoms with Crippen LogP contribution in [0.1, 0.15) is 32.6 Å². The maximum atomic E-state index is 11.8. The summed E-state index contributed by atoms with van der Waals surface area (Å²) in [5, 5.41) is 3.33. The van der Waals surface area contributed by atoms with Gasteiger partial charge in [-0.05, 0) is 42.9 Å². The quantitative estimate of drug-likeness (QED) is 0.697. The van der Waals surface area contributed by atoms with Crippen molar-refractivity contribution in [3.8, 4) is 0 Å². The van der Waals surface area contributed by atoms with Crippen LogP contribution in [0.15, 0.2) is 34.1 Å². The summed E-state index contributed by atoms with van der Waals surface area (Å²) in [7, 11) is 0. The highest BCUT2D eigenvalue weighted by Crippen LogP contribution is 2.40. The largest absolute Gasteiger partial charge is 0.375 e. The van der Waals surface area contributed by atoms with Crippen molar-refractivity contribution in [2.75, 3.05) is 0 Å². The summed E-state index contributed by atoms with van der Waals surface area (Å²) in [6, 6.07) is 0.214. The smallest absolute Gasteiger partial charge is 0.178 e. The summed E-state index contributed by atoms with van der Waals surface area (Å²) in [5.41, 5.74) is 5.01. The molecule has 0 fully saturated rings. The molecule has 3 rings (SSSR count). The van der Waals surface area contributed by atoms with Crippen molar-refractivity contribution in [1.29, 1.82) is 0 Å². The lowest BCUT2D eigenvalue weighted by Crippen LogP contribution is -2.28. The zero-order valence-electron chi connectivity index (χ0n) is 9.88. The first kappa shape index (κ1) is 10.5. The summed E-state index contributed by atoms with van der Waals surface area (Å²) >= 11 is 0. The van der Waals surface area contributed by atoms with Gasteiger partial charge in [-0.15, -0.1) is 0 Å². The van der Waals surface area contributed by atoms with Gasteiger partial charge >= 0.3 is 0 Å². The molecule has 88 valence electrons. The van der Waals surface area contributed by atoms with Gasteiger partial charge in [-0.2, -0.15) is 0 Å². The molecule has 17 heavy (non-hydrogen) atoms. The molecule has 0 saturated heterocycles. The van der Waals surface area contributed by atoms with Gasteiger partial charge in [0.05, 0.1) is 11.7 Å². The minimum Gasteiger partial charge on any atom is -0.375 e. The number of Topliss-reactive ketones (excluding diaryl/α,β-unsaturated/α-hetero) is 1. The third kappa shape index (κ3) is 1.42. The summed E-state index contributed by atoms with van der Waals surface area (Å²) in [5.74, 6) is 0.230. The highest BCUT2D eigenvalue weighted by Gasteiger charge is 2.36. The van der Waals surface area contributed by atoms with E-state index < -0.39 is 0 Å². The van der Waals surface area contributed by atoms with Gasteiger partial charge in [0, 0.05) is 12.0 Å². The standard InChI is InChI=1S/C14H15NO2/c1-8-9(7-16)5-6-11-13(8)10-3-2-4-12(17)14(10)15-11/h5,7,11,15H,2-4,6H2,1H3. The first-order chi connectivity index (χ1) is 8.22. The van der Waals surface area contributed by atoms with E-state index in [1.54, 1.807) is 0 Å². The van der Waals surface area contributed by atoms with Crippen molar-refractivity contribution in [2.45, 2.75) is 38.6 Å². The Bertz CT molecular complexity index is 508. The van der Waals surface area contributed by atoms with Crippen molar-refractivity contribution in [3.63, 3.8) is 0 Å². The molecule has 3 nitrogen and oxygen atoms in total. The van der Waals surface area contributed by atoms with Gasteiger partial charge < -0.3 is 5.32 Å². The lowest BCUT2D eigenvalue weighted by molar-refractivity contribution is -0.116. The molecule has 0 saturated carbocycles. The predicted octanol–water partition coefficient (Wildman–Crippen LogP) is 1.81. The van der Waals surface area contributed by atoms with E-state index in [2.05, 4.69) is 5.32 Å². The fourth-order valence-corrected chi connectivity index (χ4v) is 3.09. The van der Waals surface area contributed by atoms with Crippen LogP contribution in [0, 0.1) is 0 Å². The second kappa shape index (κ2) is 3.69. The maximum absolute atomic E-state index is 11.8. The van der Waals surface area contributed by atoms with Gasteiger partial charge in [0.1, 0.15) is 6.29 Å². The summed E-state index contributed by atoms with van der Waals surface area (Å²) in [6.07, 6.45) is 6.24. The molecular weight excluding hydrogens is 214 g/mol. The minimum atomic E-state index is 0.214. The molecule has 0 aromatic rings. The second-order valence-electron chi connectivity index (χ2n) is 4.88. The zero-order valence-corrected chi connectivity index (χ0v) is 9.88. The van der Waals surface area contributed by atoms with Crippen molar-refractivity contribution < 1.29 is 9.59 Å². The number of rotatable bonds is 1. The van der Waals surface area contributed by atoms with Crippen LogP contribution in [-0.2, 0) is 9.59 Å². The number of carbonyl (C=O) groups excluding carboxylic acids is 2. The van der Waals surface area contributed by atoms with Crippen LogP contribution < -0.4 is 5.32 Å². The van der Waals surface area contributed by atoms with E-state index in [0.29, 0.717) is 6.42 Å². The Morgan fingerprint density at radius 3 is 3.00 bits per heavy atom. The van der Waals surface area contributed by atoms with Gasteiger partial charge in [0.25, 0.3) is 0 Å². The summed E-state index contributed by atoms with van der Waals surface area (Å²) < 4.78 is 0. The van der Waals surface area contributed by atoms with Crippen molar-refractivity contribution in [2.24, 2.45) is 0 Å². The molecule has 0 aromatic carbocycles. The van der Waals surface area contributed by atoms with E-state index in [1.165, 1.54) is 5.57 Å². The van der Waals surface area contributed by atoms with E-state index in [-0.39, 0.29) is 11.8 Å². The highest BCUT2D eigenvalue weighted by molar-refractivity contribution is 5.99. The second-order valence-corrected chi connectivity index (χ2v) is 4.88. The fraction of sp³-hybridized carbons (Fsp3) is 0.429. The number of hydrogen-bond donors (Lipinski definition) is 1. The highest BCUT2D eigenvalue weighted by atomic mass is 16.1. The number of allylic oxidation sites excluding steroid dienone is 3. The first-order valence-electron chi connectivity index (χ1n) is 6.12. The molecule has 0 spiro atoms. The third-order valence-electron chi connectivity index (χ3n) is 3.94. The summed E-state index contributed by atoms with van der Waals surface area (Å²) in [6.45, 7) is 1.98. The lowest BCUT2D eigenvalue weighted by Gasteiger charge is -2.21. The van der Waals surface area contributed by atoms with E-state index in [1.807, 2.05) is 13.0 Å². The third-order valence-corrected chi connectivity index (χ3v) is 3.94. The SMILES string of the molecule is CC1=C2C3=C(NC2CC=C1C=O)C(=O)CCC3. The average molecular weight is 229 g/mol. The molecule has 1 N–H and O–H groups in total. The van der Waals surface area contributed by atoms with Crippen LogP contribution >= 0.6 is 0 Å². The van der Waals surface area contributed by atoms with E-state index in [0.717, 1.165) is 48.0 Å². The van der Waals surface area contributed by atoms with Crippen molar-refractivity contribution in [1.82, 2.24) is 5.32 Å². The van der Waals surface area contributed by atoms with E-state index in [9.17, 15) is 9.59 Å². The Labute approximate surface area is 100 Å². The predicted molar refractivity (Wildman–Crippen MR) is 64.3 cm³/mol. The van der Waals surface area contributed by atoms with Crippen LogP contribution in [0.2, 0.25) is 0 Å². The van der Waals surface area contributed by atoms with Gasteiger partial charge in [0.2, 0.25) is 0 Å². The Morgan fingerprint density at radius 1 is 1.41 bits per heavy atom. The van der Waals surface area contributed by atoms with Gasteiger partial charge in [0.15, 0.2) is 5.78 Å². The van der Waals surface area contributed by atoms with Crippen LogP contribution in [0.4, 0.5) is 0 Å². The molecule has 0 amide bonds. The Balaban J connectivity index is 2.12. The molecule has 1 atom stereocenters. The molecular formula is C14H15NO2. The Morgan fingerprint density at radius 2 is 2.24 bits per heavy atom. The molecule has 0 radical (unpaired) electrons. The maximum Gasteiger partial charge on any atom is 0.178 e. The number of fused-ring (bicyclic) bond motifs is 2. The number of aldehydes is 1. The molecule has 1 unspecified atom stereocenters. The molecule has 3 aliphatic rings. The normalized spacial score (nSPS) is 27.5. The monoisotopic (exact) mass is 229 g/mol. The van der Waals surface area contributed by atoms with Gasteiger partial charge in [-0.1, -0.05) is 6.08 Å². The minimum absolute atomic E-state index is 0.214. The molecule has 2 aliphatic carbocycles. The van der Waals surface area contributed by atoms with Crippen LogP contribution in [0.25, 0.3) is 0 Å². The summed E-state index contributed by atoms with van der Waals surface area (Å²) in [4.78, 5) is 22.8. The molecule has 1 heterocycles. The number of hydrogen-bond acceptors (Lipinski definition) is 3. The first-order valence-corrected chi connectivity index (χ1v) is 6.12. The Hall–Kier alpha value is -1.64. The van der Waals surface area contributed by atoms with Crippen LogP contribution in [0.5, 0.6) is 0 Å². The molecule has 3 heteroatoms. The van der Waals surface area contributed by atoms with E-state index in [4.69, 9.17) is 0 Å². The lowest BCUT2D eigenvalue weighted by atomic mass is 9.83. The van der Waals surface area contributed by atoms with Crippen LogP contribution in [0.3, 0.4) is 0 Å². The van der Waals surface area contributed by atoms with Crippen molar-refractivity contribution >= 4 is 12.1 Å². The number of ketones is 1. The molecule has 0 aromatic heterocycles. The van der Waals surface area contributed by atoms with Crippen LogP contribution in [-0.4, -0.2) is 18.1 Å². The zero-order chi connectivity index (χ0) is 12.0. The topological polar surface area (TPSA) is 46.2 Å². The van der Waals surface area contributed by atoms with E-state index >= 15 is 0 Å². The number of nitrogens with one attached hydrogen (secondary N) is 1. The van der Waals surface area contributed by atoms with Gasteiger partial charge in [-0.25, -0.2) is 0 Å².